The molecule has 2 amide bonds. The predicted molar refractivity (Wildman–Crippen MR) is 72.0 cm³/mol. The Bertz CT molecular complexity index is 558. The van der Waals surface area contributed by atoms with Gasteiger partial charge in [-0.1, -0.05) is 0 Å². The van der Waals surface area contributed by atoms with E-state index in [4.69, 9.17) is 15.6 Å². The van der Waals surface area contributed by atoms with E-state index in [2.05, 4.69) is 5.32 Å². The molecule has 5 N–H and O–H groups in total. The highest BCUT2D eigenvalue weighted by molar-refractivity contribution is 5.99. The third kappa shape index (κ3) is 4.68. The topological polar surface area (TPSA) is 139 Å². The molecule has 0 aliphatic heterocycles. The second-order valence-corrected chi connectivity index (χ2v) is 4.25. The number of hydrogen-bond donors (Lipinski definition) is 4. The normalized spacial score (nSPS) is 11.5. The van der Waals surface area contributed by atoms with Gasteiger partial charge in [0.25, 0.3) is 5.91 Å². The van der Waals surface area contributed by atoms with Gasteiger partial charge in [0.2, 0.25) is 5.91 Å². The van der Waals surface area contributed by atoms with Gasteiger partial charge in [0.15, 0.2) is 0 Å². The van der Waals surface area contributed by atoms with Crippen molar-refractivity contribution in [3.63, 3.8) is 0 Å². The summed E-state index contributed by atoms with van der Waals surface area (Å²) < 4.78 is 4.88. The molecule has 8 heteroatoms. The first-order valence-corrected chi connectivity index (χ1v) is 6.04. The van der Waals surface area contributed by atoms with Gasteiger partial charge in [-0.15, -0.1) is 0 Å². The van der Waals surface area contributed by atoms with E-state index in [-0.39, 0.29) is 24.2 Å². The van der Waals surface area contributed by atoms with Crippen molar-refractivity contribution in [3.8, 4) is 11.5 Å². The average Bonchev–Trinajstić information content (AvgIpc) is 2.42. The van der Waals surface area contributed by atoms with Crippen LogP contribution in [0.2, 0.25) is 0 Å². The van der Waals surface area contributed by atoms with Gasteiger partial charge in [-0.05, 0) is 18.6 Å². The van der Waals surface area contributed by atoms with Crippen molar-refractivity contribution in [2.45, 2.75) is 18.9 Å². The summed E-state index contributed by atoms with van der Waals surface area (Å²) in [6, 6.07) is 2.71. The number of nitrogens with one attached hydrogen (secondary N) is 1. The number of amides is 2. The van der Waals surface area contributed by atoms with Crippen molar-refractivity contribution in [2.75, 3.05) is 7.11 Å². The van der Waals surface area contributed by atoms with Gasteiger partial charge in [0.05, 0.1) is 12.7 Å². The second-order valence-electron chi connectivity index (χ2n) is 4.25. The number of benzene rings is 1. The van der Waals surface area contributed by atoms with Crippen molar-refractivity contribution >= 4 is 17.8 Å². The Balaban J connectivity index is 2.82. The van der Waals surface area contributed by atoms with Crippen molar-refractivity contribution < 1.29 is 29.3 Å². The summed E-state index contributed by atoms with van der Waals surface area (Å²) in [5.74, 6) is -2.72. The summed E-state index contributed by atoms with van der Waals surface area (Å²) in [5.41, 5.74) is 4.84. The first-order valence-electron chi connectivity index (χ1n) is 6.04. The molecule has 1 aromatic rings. The second kappa shape index (κ2) is 7.13. The summed E-state index contributed by atoms with van der Waals surface area (Å²) in [6.45, 7) is 0. The fraction of sp³-hybridized carbons (Fsp3) is 0.308. The van der Waals surface area contributed by atoms with Crippen LogP contribution in [0.4, 0.5) is 0 Å². The number of hydrogen-bond acceptors (Lipinski definition) is 5. The van der Waals surface area contributed by atoms with Crippen molar-refractivity contribution in [1.82, 2.24) is 5.32 Å². The molecule has 0 heterocycles. The number of carbonyl (C=O) groups is 3. The van der Waals surface area contributed by atoms with E-state index in [1.165, 1.54) is 25.3 Å². The van der Waals surface area contributed by atoms with E-state index in [9.17, 15) is 19.5 Å². The largest absolute Gasteiger partial charge is 0.507 e. The van der Waals surface area contributed by atoms with Crippen LogP contribution in [0, 0.1) is 0 Å². The summed E-state index contributed by atoms with van der Waals surface area (Å²) in [4.78, 5) is 33.6. The SMILES string of the molecule is COc1ccc(C(=O)NC(CCC(N)=O)C(=O)O)c(O)c1. The number of aliphatic carboxylic acids is 1. The lowest BCUT2D eigenvalue weighted by atomic mass is 10.1. The van der Waals surface area contributed by atoms with Gasteiger partial charge >= 0.3 is 5.97 Å². The summed E-state index contributed by atoms with van der Waals surface area (Å²) in [7, 11) is 1.40. The van der Waals surface area contributed by atoms with E-state index in [0.29, 0.717) is 5.75 Å². The Morgan fingerprint density at radius 2 is 2.05 bits per heavy atom. The zero-order chi connectivity index (χ0) is 16.0. The smallest absolute Gasteiger partial charge is 0.326 e. The molecule has 0 saturated carbocycles. The highest BCUT2D eigenvalue weighted by atomic mass is 16.5. The number of methoxy groups -OCH3 is 1. The molecule has 8 nitrogen and oxygen atoms in total. The first-order chi connectivity index (χ1) is 9.85. The molecule has 0 spiro atoms. The predicted octanol–water partition coefficient (Wildman–Crippen LogP) is -0.151. The number of rotatable bonds is 7. The molecule has 0 aromatic heterocycles. The van der Waals surface area contributed by atoms with Crippen LogP contribution in [-0.2, 0) is 9.59 Å². The number of carboxylic acids is 1. The number of carbonyl (C=O) groups excluding carboxylic acids is 2. The third-order valence-corrected chi connectivity index (χ3v) is 2.73. The highest BCUT2D eigenvalue weighted by Crippen LogP contribution is 2.23. The van der Waals surface area contributed by atoms with E-state index in [1.54, 1.807) is 0 Å². The fourth-order valence-corrected chi connectivity index (χ4v) is 1.61. The molecular formula is C13H16N2O6. The lowest BCUT2D eigenvalue weighted by Crippen LogP contribution is -2.41. The van der Waals surface area contributed by atoms with E-state index >= 15 is 0 Å². The minimum atomic E-state index is -1.29. The number of ether oxygens (including phenoxy) is 1. The molecule has 0 aliphatic rings. The van der Waals surface area contributed by atoms with Gasteiger partial charge in [-0.3, -0.25) is 9.59 Å². The molecule has 0 saturated heterocycles. The van der Waals surface area contributed by atoms with Crippen LogP contribution >= 0.6 is 0 Å². The molecule has 0 aliphatic carbocycles. The van der Waals surface area contributed by atoms with Crippen LogP contribution in [-0.4, -0.2) is 41.1 Å². The molecule has 114 valence electrons. The fourth-order valence-electron chi connectivity index (χ4n) is 1.61. The molecule has 21 heavy (non-hydrogen) atoms. The summed E-state index contributed by atoms with van der Waals surface area (Å²) in [6.07, 6.45) is -0.306. The van der Waals surface area contributed by atoms with E-state index in [0.717, 1.165) is 0 Å². The quantitative estimate of drug-likeness (QED) is 0.552. The van der Waals surface area contributed by atoms with Crippen LogP contribution < -0.4 is 15.8 Å². The number of carboxylic acid groups (broad SMARTS) is 1. The van der Waals surface area contributed by atoms with Crippen LogP contribution in [0.25, 0.3) is 0 Å². The van der Waals surface area contributed by atoms with Gasteiger partial charge in [-0.25, -0.2) is 4.79 Å². The molecule has 0 fully saturated rings. The Hall–Kier alpha value is -2.77. The Labute approximate surface area is 120 Å². The van der Waals surface area contributed by atoms with Gasteiger partial charge < -0.3 is 26.0 Å². The number of phenols is 1. The minimum Gasteiger partial charge on any atom is -0.507 e. The lowest BCUT2D eigenvalue weighted by Gasteiger charge is -2.14. The monoisotopic (exact) mass is 296 g/mol. The van der Waals surface area contributed by atoms with Crippen molar-refractivity contribution in [2.24, 2.45) is 5.73 Å². The summed E-state index contributed by atoms with van der Waals surface area (Å²) >= 11 is 0. The molecule has 0 bridgehead atoms. The first kappa shape index (κ1) is 16.3. The minimum absolute atomic E-state index is 0.0962. The molecule has 1 aromatic carbocycles. The maximum Gasteiger partial charge on any atom is 0.326 e. The molecule has 0 radical (unpaired) electrons. The maximum absolute atomic E-state index is 11.9. The Morgan fingerprint density at radius 1 is 1.38 bits per heavy atom. The number of nitrogens with two attached hydrogens (primary N) is 1. The Morgan fingerprint density at radius 3 is 2.52 bits per heavy atom. The average molecular weight is 296 g/mol. The van der Waals surface area contributed by atoms with Gasteiger partial charge in [0, 0.05) is 12.5 Å². The van der Waals surface area contributed by atoms with E-state index < -0.39 is 23.8 Å². The van der Waals surface area contributed by atoms with Crippen LogP contribution in [0.5, 0.6) is 11.5 Å². The molecular weight excluding hydrogens is 280 g/mol. The Kier molecular flexibility index (Phi) is 5.53. The maximum atomic E-state index is 11.9. The van der Waals surface area contributed by atoms with Crippen LogP contribution in [0.1, 0.15) is 23.2 Å². The van der Waals surface area contributed by atoms with E-state index in [1.807, 2.05) is 0 Å². The highest BCUT2D eigenvalue weighted by Gasteiger charge is 2.22. The summed E-state index contributed by atoms with van der Waals surface area (Å²) in [5, 5.41) is 20.9. The van der Waals surface area contributed by atoms with Crippen molar-refractivity contribution in [1.29, 1.82) is 0 Å². The zero-order valence-electron chi connectivity index (χ0n) is 11.3. The standard InChI is InChI=1S/C13H16N2O6/c1-21-7-2-3-8(10(16)6-7)12(18)15-9(13(19)20)4-5-11(14)17/h2-3,6,9,16H,4-5H2,1H3,(H2,14,17)(H,15,18)(H,19,20). The van der Waals surface area contributed by atoms with Gasteiger partial charge in [0.1, 0.15) is 17.5 Å². The lowest BCUT2D eigenvalue weighted by molar-refractivity contribution is -0.139. The molecule has 1 unspecified atom stereocenters. The number of phenolic OH excluding ortho intramolecular Hbond substituents is 1. The van der Waals surface area contributed by atoms with Crippen molar-refractivity contribution in [3.05, 3.63) is 23.8 Å². The van der Waals surface area contributed by atoms with Gasteiger partial charge in [-0.2, -0.15) is 0 Å². The number of primary amides is 1. The van der Waals surface area contributed by atoms with Crippen LogP contribution in [0.3, 0.4) is 0 Å². The third-order valence-electron chi connectivity index (χ3n) is 2.73. The van der Waals surface area contributed by atoms with Crippen LogP contribution in [0.15, 0.2) is 18.2 Å². The molecule has 1 atom stereocenters. The number of aromatic hydroxyl groups is 1. The molecule has 1 rings (SSSR count). The zero-order valence-corrected chi connectivity index (χ0v) is 11.3.